The molecule has 0 saturated carbocycles. The third-order valence-electron chi connectivity index (χ3n) is 2.16. The molecule has 0 unspecified atom stereocenters. The molecule has 0 spiro atoms. The number of hydrogen-bond donors (Lipinski definition) is 2. The molecule has 1 aromatic carbocycles. The Hall–Kier alpha value is -1.99. The molecule has 0 heterocycles. The monoisotopic (exact) mass is 271 g/mol. The summed E-state index contributed by atoms with van der Waals surface area (Å²) in [6, 6.07) is 3.22. The second-order valence-corrected chi connectivity index (χ2v) is 3.59. The van der Waals surface area contributed by atoms with E-state index >= 15 is 0 Å². The Kier molecular flexibility index (Phi) is 5.91. The van der Waals surface area contributed by atoms with Crippen LogP contribution in [0.1, 0.15) is 10.4 Å². The van der Waals surface area contributed by atoms with Crippen molar-refractivity contribution in [1.29, 1.82) is 0 Å². The van der Waals surface area contributed by atoms with Crippen LogP contribution in [-0.4, -0.2) is 43.9 Å². The van der Waals surface area contributed by atoms with Crippen LogP contribution in [0.3, 0.4) is 0 Å². The van der Waals surface area contributed by atoms with Crippen molar-refractivity contribution in [1.82, 2.24) is 0 Å². The quantitative estimate of drug-likeness (QED) is 0.726. The number of methoxy groups -OCH3 is 1. The first-order valence-corrected chi connectivity index (χ1v) is 5.44. The van der Waals surface area contributed by atoms with Crippen molar-refractivity contribution in [2.45, 2.75) is 0 Å². The third kappa shape index (κ3) is 5.02. The zero-order valence-corrected chi connectivity index (χ0v) is 10.3. The number of rotatable bonds is 7. The van der Waals surface area contributed by atoms with E-state index < -0.39 is 17.7 Å². The van der Waals surface area contributed by atoms with Gasteiger partial charge >= 0.3 is 5.97 Å². The minimum atomic E-state index is -1.24. The second kappa shape index (κ2) is 7.45. The Labute approximate surface area is 109 Å². The summed E-state index contributed by atoms with van der Waals surface area (Å²) in [6.45, 7) is 0.378. The molecule has 0 saturated heterocycles. The van der Waals surface area contributed by atoms with E-state index in [-0.39, 0.29) is 24.5 Å². The van der Waals surface area contributed by atoms with Gasteiger partial charge in [0.15, 0.2) is 0 Å². The molecular weight excluding hydrogens is 257 g/mol. The maximum atomic E-state index is 13.5. The van der Waals surface area contributed by atoms with Crippen LogP contribution in [-0.2, 0) is 14.3 Å². The Balaban J connectivity index is 2.52. The zero-order chi connectivity index (χ0) is 14.3. The highest BCUT2D eigenvalue weighted by atomic mass is 19.1. The lowest BCUT2D eigenvalue weighted by molar-refractivity contribution is -0.121. The second-order valence-electron chi connectivity index (χ2n) is 3.59. The average Bonchev–Trinajstić information content (AvgIpc) is 2.37. The van der Waals surface area contributed by atoms with Gasteiger partial charge < -0.3 is 19.9 Å². The number of carboxylic acids is 1. The minimum Gasteiger partial charge on any atom is -0.478 e. The van der Waals surface area contributed by atoms with Gasteiger partial charge in [0.05, 0.1) is 24.5 Å². The molecule has 0 fully saturated rings. The van der Waals surface area contributed by atoms with E-state index in [1.165, 1.54) is 19.2 Å². The fraction of sp³-hybridized carbons (Fsp3) is 0.333. The molecule has 7 heteroatoms. The number of halogens is 1. The van der Waals surface area contributed by atoms with Crippen LogP contribution in [0, 0.1) is 5.82 Å². The van der Waals surface area contributed by atoms with Gasteiger partial charge in [0.1, 0.15) is 12.4 Å². The third-order valence-corrected chi connectivity index (χ3v) is 2.16. The fourth-order valence-electron chi connectivity index (χ4n) is 1.24. The van der Waals surface area contributed by atoms with E-state index in [0.29, 0.717) is 6.61 Å². The van der Waals surface area contributed by atoms with Gasteiger partial charge in [-0.25, -0.2) is 9.18 Å². The van der Waals surface area contributed by atoms with Crippen molar-refractivity contribution >= 4 is 17.6 Å². The molecule has 0 aliphatic rings. The van der Waals surface area contributed by atoms with Crippen LogP contribution in [0.4, 0.5) is 10.1 Å². The molecule has 19 heavy (non-hydrogen) atoms. The largest absolute Gasteiger partial charge is 0.478 e. The van der Waals surface area contributed by atoms with Crippen LogP contribution >= 0.6 is 0 Å². The Bertz CT molecular complexity index is 463. The predicted molar refractivity (Wildman–Crippen MR) is 64.7 cm³/mol. The van der Waals surface area contributed by atoms with Gasteiger partial charge in [-0.3, -0.25) is 4.79 Å². The number of ether oxygens (including phenoxy) is 2. The molecule has 0 bridgehead atoms. The first kappa shape index (κ1) is 15.1. The standard InChI is InChI=1S/C12H14FNO5/c1-18-4-5-19-7-11(15)14-10-3-2-8(12(16)17)6-9(10)13/h2-3,6H,4-5,7H2,1H3,(H,14,15)(H,16,17). The number of hydrogen-bond acceptors (Lipinski definition) is 4. The lowest BCUT2D eigenvalue weighted by atomic mass is 10.2. The molecule has 104 valence electrons. The number of carbonyl (C=O) groups is 2. The van der Waals surface area contributed by atoms with E-state index in [1.807, 2.05) is 0 Å². The molecule has 0 radical (unpaired) electrons. The van der Waals surface area contributed by atoms with E-state index in [4.69, 9.17) is 14.6 Å². The van der Waals surface area contributed by atoms with Gasteiger partial charge in [-0.1, -0.05) is 0 Å². The zero-order valence-electron chi connectivity index (χ0n) is 10.3. The highest BCUT2D eigenvalue weighted by molar-refractivity contribution is 5.93. The lowest BCUT2D eigenvalue weighted by Crippen LogP contribution is -2.20. The molecule has 1 aromatic rings. The Morgan fingerprint density at radius 2 is 2.11 bits per heavy atom. The summed E-state index contributed by atoms with van der Waals surface area (Å²) >= 11 is 0. The maximum absolute atomic E-state index is 13.5. The molecule has 2 N–H and O–H groups in total. The minimum absolute atomic E-state index is 0.0923. The van der Waals surface area contributed by atoms with Crippen LogP contribution in [0.2, 0.25) is 0 Å². The SMILES string of the molecule is COCCOCC(=O)Nc1ccc(C(=O)O)cc1F. The predicted octanol–water partition coefficient (Wildman–Crippen LogP) is 1.13. The van der Waals surface area contributed by atoms with E-state index in [9.17, 15) is 14.0 Å². The van der Waals surface area contributed by atoms with Gasteiger partial charge in [0.2, 0.25) is 5.91 Å². The summed E-state index contributed by atoms with van der Waals surface area (Å²) in [7, 11) is 1.50. The number of anilines is 1. The van der Waals surface area contributed by atoms with Crippen molar-refractivity contribution in [2.75, 3.05) is 32.2 Å². The van der Waals surface area contributed by atoms with E-state index in [2.05, 4.69) is 5.32 Å². The number of carbonyl (C=O) groups excluding carboxylic acids is 1. The molecule has 0 atom stereocenters. The van der Waals surface area contributed by atoms with Crippen molar-refractivity contribution in [3.63, 3.8) is 0 Å². The summed E-state index contributed by atoms with van der Waals surface area (Å²) in [5, 5.41) is 10.9. The summed E-state index contributed by atoms with van der Waals surface area (Å²) in [5.41, 5.74) is -0.280. The van der Waals surface area contributed by atoms with Gasteiger partial charge in [-0.15, -0.1) is 0 Å². The molecule has 0 aromatic heterocycles. The average molecular weight is 271 g/mol. The van der Waals surface area contributed by atoms with Crippen molar-refractivity contribution in [3.05, 3.63) is 29.6 Å². The van der Waals surface area contributed by atoms with E-state index in [0.717, 1.165) is 6.07 Å². The van der Waals surface area contributed by atoms with Gasteiger partial charge in [-0.05, 0) is 18.2 Å². The smallest absolute Gasteiger partial charge is 0.335 e. The maximum Gasteiger partial charge on any atom is 0.335 e. The van der Waals surface area contributed by atoms with Gasteiger partial charge in [-0.2, -0.15) is 0 Å². The molecule has 0 aliphatic heterocycles. The fourth-order valence-corrected chi connectivity index (χ4v) is 1.24. The molecule has 0 aliphatic carbocycles. The first-order chi connectivity index (χ1) is 9.04. The molecule has 6 nitrogen and oxygen atoms in total. The van der Waals surface area contributed by atoms with Gasteiger partial charge in [0.25, 0.3) is 0 Å². The molecular formula is C12H14FNO5. The van der Waals surface area contributed by atoms with Crippen molar-refractivity contribution in [2.24, 2.45) is 0 Å². The first-order valence-electron chi connectivity index (χ1n) is 5.44. The summed E-state index contributed by atoms with van der Waals surface area (Å²) in [6.07, 6.45) is 0. The normalized spacial score (nSPS) is 10.2. The molecule has 1 amide bonds. The topological polar surface area (TPSA) is 84.9 Å². The number of benzene rings is 1. The summed E-state index contributed by atoms with van der Waals surface area (Å²) in [4.78, 5) is 22.0. The van der Waals surface area contributed by atoms with Crippen molar-refractivity contribution in [3.8, 4) is 0 Å². The number of nitrogens with one attached hydrogen (secondary N) is 1. The van der Waals surface area contributed by atoms with E-state index in [1.54, 1.807) is 0 Å². The molecule has 1 rings (SSSR count). The number of amides is 1. The van der Waals surface area contributed by atoms with Crippen LogP contribution in [0.5, 0.6) is 0 Å². The van der Waals surface area contributed by atoms with Gasteiger partial charge in [0, 0.05) is 7.11 Å². The van der Waals surface area contributed by atoms with Crippen LogP contribution in [0.25, 0.3) is 0 Å². The summed E-state index contributed by atoms with van der Waals surface area (Å²) < 4.78 is 23.2. The highest BCUT2D eigenvalue weighted by Crippen LogP contribution is 2.15. The summed E-state index contributed by atoms with van der Waals surface area (Å²) in [5.74, 6) is -2.58. The lowest BCUT2D eigenvalue weighted by Gasteiger charge is -2.07. The Morgan fingerprint density at radius 3 is 2.68 bits per heavy atom. The number of aromatic carboxylic acids is 1. The van der Waals surface area contributed by atoms with Crippen LogP contribution < -0.4 is 5.32 Å². The Morgan fingerprint density at radius 1 is 1.37 bits per heavy atom. The highest BCUT2D eigenvalue weighted by Gasteiger charge is 2.10. The number of carboxylic acid groups (broad SMARTS) is 1. The van der Waals surface area contributed by atoms with Crippen LogP contribution in [0.15, 0.2) is 18.2 Å². The van der Waals surface area contributed by atoms with Crippen molar-refractivity contribution < 1.29 is 28.6 Å².